The number of hydrogen-bond acceptors (Lipinski definition) is 8. The zero-order valence-corrected chi connectivity index (χ0v) is 16.2. The van der Waals surface area contributed by atoms with Crippen LogP contribution in [0.3, 0.4) is 0 Å². The first-order valence-electron chi connectivity index (χ1n) is 8.38. The van der Waals surface area contributed by atoms with Crippen molar-refractivity contribution in [2.75, 3.05) is 40.5 Å². The summed E-state index contributed by atoms with van der Waals surface area (Å²) in [4.78, 5) is 7.93. The molecule has 142 valence electrons. The van der Waals surface area contributed by atoms with Gasteiger partial charge in [0, 0.05) is 27.3 Å². The van der Waals surface area contributed by atoms with Gasteiger partial charge in [0.25, 0.3) is 0 Å². The summed E-state index contributed by atoms with van der Waals surface area (Å²) in [5.74, 6) is 2.29. The molecular weight excluding hydrogens is 356 g/mol. The number of ether oxygens (including phenoxy) is 2. The number of aryl methyl sites for hydroxylation is 2. The van der Waals surface area contributed by atoms with Crippen LogP contribution < -0.4 is 0 Å². The predicted molar refractivity (Wildman–Crippen MR) is 97.9 cm³/mol. The Labute approximate surface area is 156 Å². The number of aromatic nitrogens is 3. The van der Waals surface area contributed by atoms with Crippen LogP contribution in [0.25, 0.3) is 4.96 Å². The first-order valence-corrected chi connectivity index (χ1v) is 9.20. The first kappa shape index (κ1) is 18.8. The zero-order chi connectivity index (χ0) is 18.7. The van der Waals surface area contributed by atoms with Crippen LogP contribution in [0.15, 0.2) is 16.5 Å². The fraction of sp³-hybridized carbons (Fsp3) is 0.529. The zero-order valence-electron chi connectivity index (χ0n) is 15.4. The van der Waals surface area contributed by atoms with Gasteiger partial charge >= 0.3 is 0 Å². The highest BCUT2D eigenvalue weighted by Crippen LogP contribution is 2.40. The molecule has 26 heavy (non-hydrogen) atoms. The minimum absolute atomic E-state index is 0.0875. The van der Waals surface area contributed by atoms with Crippen molar-refractivity contribution in [1.29, 1.82) is 0 Å². The van der Waals surface area contributed by atoms with Crippen LogP contribution in [0.4, 0.5) is 0 Å². The number of nitrogens with zero attached hydrogens (tertiary/aromatic N) is 4. The van der Waals surface area contributed by atoms with Gasteiger partial charge in [0.05, 0.1) is 18.1 Å². The third kappa shape index (κ3) is 3.75. The maximum atomic E-state index is 10.8. The lowest BCUT2D eigenvalue weighted by atomic mass is 10.1. The summed E-state index contributed by atoms with van der Waals surface area (Å²) in [6.07, 6.45) is 0. The van der Waals surface area contributed by atoms with Crippen molar-refractivity contribution in [3.8, 4) is 5.88 Å². The second-order valence-electron chi connectivity index (χ2n) is 6.02. The van der Waals surface area contributed by atoms with E-state index in [2.05, 4.69) is 15.0 Å². The average molecular weight is 380 g/mol. The van der Waals surface area contributed by atoms with Crippen LogP contribution in [0.2, 0.25) is 0 Å². The molecule has 0 aliphatic heterocycles. The molecule has 0 bridgehead atoms. The molecule has 1 atom stereocenters. The van der Waals surface area contributed by atoms with E-state index in [0.717, 1.165) is 16.4 Å². The van der Waals surface area contributed by atoms with Gasteiger partial charge in [-0.25, -0.2) is 4.98 Å². The predicted octanol–water partition coefficient (Wildman–Crippen LogP) is 2.39. The molecule has 3 rings (SSSR count). The molecule has 0 saturated heterocycles. The van der Waals surface area contributed by atoms with Crippen molar-refractivity contribution in [2.24, 2.45) is 0 Å². The molecule has 1 unspecified atom stereocenters. The topological polar surface area (TPSA) is 85.3 Å². The smallest absolute Gasteiger partial charge is 0.230 e. The lowest BCUT2D eigenvalue weighted by Gasteiger charge is -2.29. The SMILES string of the molecule is COCCN(CCOC)C(c1ccc(C)o1)c1sc2nc(C)nn2c1O. The molecule has 0 aliphatic rings. The normalized spacial score (nSPS) is 13.1. The van der Waals surface area contributed by atoms with Crippen molar-refractivity contribution in [3.05, 3.63) is 34.4 Å². The van der Waals surface area contributed by atoms with E-state index in [0.29, 0.717) is 37.1 Å². The van der Waals surface area contributed by atoms with Gasteiger partial charge in [0.1, 0.15) is 23.4 Å². The molecule has 0 saturated carbocycles. The van der Waals surface area contributed by atoms with Crippen molar-refractivity contribution >= 4 is 16.3 Å². The Morgan fingerprint density at radius 1 is 1.23 bits per heavy atom. The summed E-state index contributed by atoms with van der Waals surface area (Å²) < 4.78 is 17.9. The Morgan fingerprint density at radius 2 is 1.92 bits per heavy atom. The minimum Gasteiger partial charge on any atom is -0.492 e. The van der Waals surface area contributed by atoms with Crippen molar-refractivity contribution in [3.63, 3.8) is 0 Å². The number of fused-ring (bicyclic) bond motifs is 1. The highest BCUT2D eigenvalue weighted by molar-refractivity contribution is 7.17. The van der Waals surface area contributed by atoms with E-state index in [1.165, 1.54) is 15.9 Å². The Kier molecular flexibility index (Phi) is 5.92. The van der Waals surface area contributed by atoms with Crippen LogP contribution in [-0.4, -0.2) is 65.1 Å². The number of rotatable bonds is 9. The Hall–Kier alpha value is -1.94. The standard InChI is InChI=1S/C17H24N4O4S/c1-11-5-6-13(25-11)14(20(7-9-23-3)8-10-24-4)15-16(22)21-17(26-15)18-12(2)19-21/h5-6,14,22H,7-10H2,1-4H3. The summed E-state index contributed by atoms with van der Waals surface area (Å²) in [6, 6.07) is 3.58. The van der Waals surface area contributed by atoms with Gasteiger partial charge in [-0.2, -0.15) is 4.52 Å². The van der Waals surface area contributed by atoms with Gasteiger partial charge in [-0.05, 0) is 26.0 Å². The summed E-state index contributed by atoms with van der Waals surface area (Å²) >= 11 is 1.41. The van der Waals surface area contributed by atoms with Gasteiger partial charge < -0.3 is 19.0 Å². The van der Waals surface area contributed by atoms with Crippen LogP contribution in [0.1, 0.15) is 28.3 Å². The number of hydrogen-bond donors (Lipinski definition) is 1. The third-order valence-corrected chi connectivity index (χ3v) is 5.19. The number of furan rings is 1. The molecule has 0 spiro atoms. The molecular formula is C17H24N4O4S. The number of thiazole rings is 1. The van der Waals surface area contributed by atoms with Crippen molar-refractivity contribution in [2.45, 2.75) is 19.9 Å². The van der Waals surface area contributed by atoms with Crippen LogP contribution in [0, 0.1) is 13.8 Å². The average Bonchev–Trinajstić information content (AvgIpc) is 3.27. The number of aromatic hydroxyl groups is 1. The molecule has 3 aromatic rings. The Balaban J connectivity index is 2.05. The summed E-state index contributed by atoms with van der Waals surface area (Å²) in [6.45, 7) is 6.14. The Bertz CT molecular complexity index is 848. The van der Waals surface area contributed by atoms with E-state index in [4.69, 9.17) is 13.9 Å². The first-order chi connectivity index (χ1) is 12.5. The maximum absolute atomic E-state index is 10.8. The van der Waals surface area contributed by atoms with E-state index in [1.54, 1.807) is 21.1 Å². The molecule has 8 nitrogen and oxygen atoms in total. The highest BCUT2D eigenvalue weighted by Gasteiger charge is 2.31. The molecule has 9 heteroatoms. The molecule has 0 aliphatic carbocycles. The van der Waals surface area contributed by atoms with E-state index >= 15 is 0 Å². The fourth-order valence-electron chi connectivity index (χ4n) is 2.89. The van der Waals surface area contributed by atoms with Crippen molar-refractivity contribution < 1.29 is 19.0 Å². The second-order valence-corrected chi connectivity index (χ2v) is 7.02. The third-order valence-electron chi connectivity index (χ3n) is 4.12. The molecule has 0 radical (unpaired) electrons. The van der Waals surface area contributed by atoms with Crippen LogP contribution in [-0.2, 0) is 9.47 Å². The number of methoxy groups -OCH3 is 2. The summed E-state index contributed by atoms with van der Waals surface area (Å²) in [5, 5.41) is 15.0. The Morgan fingerprint density at radius 3 is 2.46 bits per heavy atom. The van der Waals surface area contributed by atoms with E-state index in [1.807, 2.05) is 19.1 Å². The molecule has 0 aromatic carbocycles. The quantitative estimate of drug-likeness (QED) is 0.610. The molecule has 3 heterocycles. The van der Waals surface area contributed by atoms with Gasteiger partial charge in [0.2, 0.25) is 10.8 Å². The molecule has 0 amide bonds. The molecule has 1 N–H and O–H groups in total. The van der Waals surface area contributed by atoms with E-state index in [-0.39, 0.29) is 11.9 Å². The van der Waals surface area contributed by atoms with E-state index < -0.39 is 0 Å². The monoisotopic (exact) mass is 380 g/mol. The lowest BCUT2D eigenvalue weighted by molar-refractivity contribution is 0.0912. The van der Waals surface area contributed by atoms with Gasteiger partial charge in [-0.15, -0.1) is 5.10 Å². The van der Waals surface area contributed by atoms with Gasteiger partial charge in [0.15, 0.2) is 0 Å². The van der Waals surface area contributed by atoms with Crippen LogP contribution in [0.5, 0.6) is 5.88 Å². The molecule has 0 fully saturated rings. The lowest BCUT2D eigenvalue weighted by Crippen LogP contribution is -2.34. The van der Waals surface area contributed by atoms with Crippen LogP contribution >= 0.6 is 11.3 Å². The highest BCUT2D eigenvalue weighted by atomic mass is 32.1. The van der Waals surface area contributed by atoms with Gasteiger partial charge in [-0.1, -0.05) is 11.3 Å². The maximum Gasteiger partial charge on any atom is 0.230 e. The van der Waals surface area contributed by atoms with Crippen molar-refractivity contribution in [1.82, 2.24) is 19.5 Å². The van der Waals surface area contributed by atoms with E-state index in [9.17, 15) is 5.11 Å². The summed E-state index contributed by atoms with van der Waals surface area (Å²) in [7, 11) is 3.34. The molecule has 3 aromatic heterocycles. The second kappa shape index (κ2) is 8.17. The largest absolute Gasteiger partial charge is 0.492 e. The fourth-order valence-corrected chi connectivity index (χ4v) is 4.03. The van der Waals surface area contributed by atoms with Gasteiger partial charge in [-0.3, -0.25) is 4.90 Å². The minimum atomic E-state index is -0.275. The summed E-state index contributed by atoms with van der Waals surface area (Å²) in [5.41, 5.74) is 0.